The summed E-state index contributed by atoms with van der Waals surface area (Å²) in [5.74, 6) is 0. The van der Waals surface area contributed by atoms with Crippen LogP contribution in [0.3, 0.4) is 0 Å². The molecule has 59 valence electrons. The highest BCUT2D eigenvalue weighted by Crippen LogP contribution is 2.01. The molecule has 0 amide bonds. The zero-order chi connectivity index (χ0) is 7.78. The fourth-order valence-corrected chi connectivity index (χ4v) is 1.02. The molecule has 0 atom stereocenters. The van der Waals surface area contributed by atoms with Crippen LogP contribution in [0.1, 0.15) is 25.7 Å². The van der Waals surface area contributed by atoms with Crippen LogP contribution < -0.4 is 0 Å². The van der Waals surface area contributed by atoms with Crippen LogP contribution in [0.15, 0.2) is 36.5 Å². The number of hydrogen-bond acceptors (Lipinski definition) is 0. The van der Waals surface area contributed by atoms with Gasteiger partial charge in [0.05, 0.1) is 0 Å². The number of rotatable bonds is 0. The summed E-state index contributed by atoms with van der Waals surface area (Å²) >= 11 is 0. The van der Waals surface area contributed by atoms with E-state index in [0.717, 1.165) is 25.7 Å². The van der Waals surface area contributed by atoms with Gasteiger partial charge >= 0.3 is 0 Å². The van der Waals surface area contributed by atoms with Crippen LogP contribution in [-0.4, -0.2) is 0 Å². The molecule has 1 aliphatic rings. The van der Waals surface area contributed by atoms with Gasteiger partial charge in [0.1, 0.15) is 0 Å². The first-order valence-corrected chi connectivity index (χ1v) is 4.27. The molecular weight excluding hydrogens is 132 g/mol. The van der Waals surface area contributed by atoms with Gasteiger partial charge in [-0.3, -0.25) is 0 Å². The zero-order valence-electron chi connectivity index (χ0n) is 6.87. The Labute approximate surface area is 69.3 Å². The summed E-state index contributed by atoms with van der Waals surface area (Å²) in [6.45, 7) is 0. The molecule has 0 unspecified atom stereocenters. The maximum Gasteiger partial charge on any atom is -0.0169 e. The lowest BCUT2D eigenvalue weighted by atomic mass is 10.2. The third-order valence-corrected chi connectivity index (χ3v) is 1.65. The lowest BCUT2D eigenvalue weighted by molar-refractivity contribution is 1.09. The summed E-state index contributed by atoms with van der Waals surface area (Å²) in [5.41, 5.74) is 0. The Morgan fingerprint density at radius 2 is 0.818 bits per heavy atom. The van der Waals surface area contributed by atoms with Crippen LogP contribution in [0.4, 0.5) is 0 Å². The van der Waals surface area contributed by atoms with Gasteiger partial charge in [0.25, 0.3) is 0 Å². The van der Waals surface area contributed by atoms with Crippen molar-refractivity contribution in [2.45, 2.75) is 25.7 Å². The van der Waals surface area contributed by atoms with Crippen molar-refractivity contribution in [2.75, 3.05) is 0 Å². The lowest BCUT2D eigenvalue weighted by Gasteiger charge is -1.87. The molecule has 11 heavy (non-hydrogen) atoms. The second kappa shape index (κ2) is 5.96. The lowest BCUT2D eigenvalue weighted by Crippen LogP contribution is -1.69. The van der Waals surface area contributed by atoms with Crippen LogP contribution >= 0.6 is 0 Å². The second-order valence-electron chi connectivity index (χ2n) is 2.65. The van der Waals surface area contributed by atoms with Gasteiger partial charge in [-0.25, -0.2) is 0 Å². The van der Waals surface area contributed by atoms with Crippen molar-refractivity contribution >= 4 is 0 Å². The highest BCUT2D eigenvalue weighted by Gasteiger charge is 1.82. The van der Waals surface area contributed by atoms with Crippen LogP contribution in [0.2, 0.25) is 0 Å². The summed E-state index contributed by atoms with van der Waals surface area (Å²) in [6.07, 6.45) is 20.0. The van der Waals surface area contributed by atoms with Crippen molar-refractivity contribution in [1.82, 2.24) is 0 Å². The van der Waals surface area contributed by atoms with Crippen molar-refractivity contribution < 1.29 is 0 Å². The van der Waals surface area contributed by atoms with Gasteiger partial charge in [-0.1, -0.05) is 36.5 Å². The third-order valence-electron chi connectivity index (χ3n) is 1.65. The number of allylic oxidation sites excluding steroid dienone is 6. The Balaban J connectivity index is 2.34. The van der Waals surface area contributed by atoms with E-state index in [1.54, 1.807) is 0 Å². The predicted molar refractivity (Wildman–Crippen MR) is 50.2 cm³/mol. The molecule has 0 saturated heterocycles. The summed E-state index contributed by atoms with van der Waals surface area (Å²) in [7, 11) is 0. The van der Waals surface area contributed by atoms with E-state index in [1.807, 2.05) is 0 Å². The van der Waals surface area contributed by atoms with Crippen molar-refractivity contribution in [2.24, 2.45) is 0 Å². The highest BCUT2D eigenvalue weighted by atomic mass is 13.9. The van der Waals surface area contributed by atoms with Crippen LogP contribution in [0, 0.1) is 6.42 Å². The van der Waals surface area contributed by atoms with Gasteiger partial charge in [0.2, 0.25) is 0 Å². The van der Waals surface area contributed by atoms with Gasteiger partial charge in [0.15, 0.2) is 0 Å². The first-order valence-electron chi connectivity index (χ1n) is 4.27. The van der Waals surface area contributed by atoms with Gasteiger partial charge in [-0.2, -0.15) is 0 Å². The number of hydrogen-bond donors (Lipinski definition) is 0. The Kier molecular flexibility index (Phi) is 4.51. The van der Waals surface area contributed by atoms with E-state index in [4.69, 9.17) is 0 Å². The molecule has 1 aliphatic carbocycles. The van der Waals surface area contributed by atoms with E-state index in [2.05, 4.69) is 42.9 Å². The molecule has 0 aromatic carbocycles. The van der Waals surface area contributed by atoms with Gasteiger partial charge in [-0.05, 0) is 32.1 Å². The summed E-state index contributed by atoms with van der Waals surface area (Å²) in [5, 5.41) is 0. The molecule has 0 bridgehead atoms. The quantitative estimate of drug-likeness (QED) is 0.460. The molecule has 0 heteroatoms. The van der Waals surface area contributed by atoms with E-state index in [-0.39, 0.29) is 0 Å². The minimum atomic E-state index is 1.08. The Bertz CT molecular complexity index is 143. The maximum absolute atomic E-state index is 2.29. The first-order chi connectivity index (χ1) is 5.50. The summed E-state index contributed by atoms with van der Waals surface area (Å²) in [4.78, 5) is 0. The van der Waals surface area contributed by atoms with Gasteiger partial charge < -0.3 is 0 Å². The average molecular weight is 147 g/mol. The molecule has 0 N–H and O–H groups in total. The van der Waals surface area contributed by atoms with E-state index in [9.17, 15) is 0 Å². The van der Waals surface area contributed by atoms with E-state index >= 15 is 0 Å². The van der Waals surface area contributed by atoms with Crippen molar-refractivity contribution in [3.63, 3.8) is 0 Å². The summed E-state index contributed by atoms with van der Waals surface area (Å²) in [6, 6.07) is 0. The monoisotopic (exact) mass is 147 g/mol. The SMILES string of the molecule is [CH]1C/C=C/C/C=C\C/C=C/C1. The largest absolute Gasteiger partial charge is 0.0879 e. The molecule has 0 nitrogen and oxygen atoms in total. The molecule has 0 aromatic heterocycles. The molecule has 0 spiro atoms. The Hall–Kier alpha value is -0.780. The molecular formula is C11H15. The van der Waals surface area contributed by atoms with Crippen molar-refractivity contribution in [3.05, 3.63) is 42.9 Å². The maximum atomic E-state index is 2.29. The highest BCUT2D eigenvalue weighted by molar-refractivity contribution is 5.01. The minimum Gasteiger partial charge on any atom is -0.0879 e. The third kappa shape index (κ3) is 4.60. The topological polar surface area (TPSA) is 0 Å². The summed E-state index contributed by atoms with van der Waals surface area (Å²) < 4.78 is 0. The molecule has 0 heterocycles. The smallest absolute Gasteiger partial charge is 0.0169 e. The van der Waals surface area contributed by atoms with E-state index in [0.29, 0.717) is 0 Å². The average Bonchev–Trinajstić information content (AvgIpc) is 2.08. The van der Waals surface area contributed by atoms with E-state index < -0.39 is 0 Å². The Morgan fingerprint density at radius 3 is 1.27 bits per heavy atom. The van der Waals surface area contributed by atoms with E-state index in [1.165, 1.54) is 0 Å². The molecule has 0 aliphatic heterocycles. The second-order valence-corrected chi connectivity index (χ2v) is 2.65. The van der Waals surface area contributed by atoms with Gasteiger partial charge in [0, 0.05) is 0 Å². The van der Waals surface area contributed by atoms with Crippen molar-refractivity contribution in [1.29, 1.82) is 0 Å². The Morgan fingerprint density at radius 1 is 0.455 bits per heavy atom. The fraction of sp³-hybridized carbons (Fsp3) is 0.364. The van der Waals surface area contributed by atoms with Crippen LogP contribution in [0.25, 0.3) is 0 Å². The molecule has 0 fully saturated rings. The van der Waals surface area contributed by atoms with Gasteiger partial charge in [-0.15, -0.1) is 0 Å². The van der Waals surface area contributed by atoms with Crippen LogP contribution in [-0.2, 0) is 0 Å². The van der Waals surface area contributed by atoms with Crippen molar-refractivity contribution in [3.8, 4) is 0 Å². The minimum absolute atomic E-state index is 1.08. The molecule has 0 aromatic rings. The standard InChI is InChI=1S/C11H15/c1-2-4-6-8-10-11-9-7-5-3-1/h1-2,5-8,11H,3-4,9-10H2/b2-1-,7-5+,8-6+. The normalized spacial score (nSPS) is 28.4. The molecule has 1 radical (unpaired) electrons. The fourth-order valence-electron chi connectivity index (χ4n) is 1.02. The molecule has 0 saturated carbocycles. The predicted octanol–water partition coefficient (Wildman–Crippen LogP) is 3.43. The molecule has 1 rings (SSSR count). The zero-order valence-corrected chi connectivity index (χ0v) is 6.87. The first kappa shape index (κ1) is 8.32. The van der Waals surface area contributed by atoms with Crippen LogP contribution in [0.5, 0.6) is 0 Å².